The van der Waals surface area contributed by atoms with E-state index in [1.54, 1.807) is 54.6 Å². The molecule has 0 fully saturated rings. The molecular weight excluding hydrogens is 612 g/mol. The normalized spacial score (nSPS) is 11.2. The van der Waals surface area contributed by atoms with Crippen LogP contribution in [0.5, 0.6) is 11.5 Å². The first-order valence-electron chi connectivity index (χ1n) is 10.7. The zero-order valence-corrected chi connectivity index (χ0v) is 22.9. The number of phenols is 1. The topological polar surface area (TPSA) is 106 Å². The van der Waals surface area contributed by atoms with Gasteiger partial charge in [-0.1, -0.05) is 39.8 Å². The summed E-state index contributed by atoms with van der Waals surface area (Å²) in [5.41, 5.74) is 3.78. The SMILES string of the molecule is CCOc1ccc(-n2c(SCC(=O)NN=Cc3cc(Br)cc(Br)c3O)nc3ccccc3c2=O)cc1. The second-order valence-corrected chi connectivity index (χ2v) is 10.1. The van der Waals surface area contributed by atoms with Crippen molar-refractivity contribution in [3.63, 3.8) is 0 Å². The number of hydrazone groups is 1. The number of amides is 1. The van der Waals surface area contributed by atoms with Crippen LogP contribution in [0.2, 0.25) is 0 Å². The standard InChI is InChI=1S/C25H20Br2N4O4S/c1-2-35-18-9-7-17(8-10-18)31-24(34)19-5-3-4-6-21(19)29-25(31)36-14-22(32)30-28-13-15-11-16(26)12-20(27)23(15)33/h3-13,33H,2,14H2,1H3,(H,30,32). The van der Waals surface area contributed by atoms with E-state index in [-0.39, 0.29) is 17.1 Å². The zero-order chi connectivity index (χ0) is 25.7. The average Bonchev–Trinajstić information content (AvgIpc) is 2.86. The summed E-state index contributed by atoms with van der Waals surface area (Å²) in [6.45, 7) is 2.43. The van der Waals surface area contributed by atoms with Crippen LogP contribution in [0.25, 0.3) is 16.6 Å². The van der Waals surface area contributed by atoms with Crippen LogP contribution in [0.4, 0.5) is 0 Å². The van der Waals surface area contributed by atoms with Crippen LogP contribution in [0.15, 0.2) is 84.7 Å². The van der Waals surface area contributed by atoms with Gasteiger partial charge in [-0.25, -0.2) is 10.4 Å². The van der Waals surface area contributed by atoms with Gasteiger partial charge in [-0.3, -0.25) is 14.2 Å². The molecule has 0 aliphatic carbocycles. The van der Waals surface area contributed by atoms with E-state index in [0.29, 0.717) is 44.1 Å². The number of aromatic hydroxyl groups is 1. The van der Waals surface area contributed by atoms with Crippen molar-refractivity contribution in [1.29, 1.82) is 0 Å². The summed E-state index contributed by atoms with van der Waals surface area (Å²) < 4.78 is 8.22. The highest BCUT2D eigenvalue weighted by Gasteiger charge is 2.15. The van der Waals surface area contributed by atoms with E-state index in [0.717, 1.165) is 16.2 Å². The molecule has 8 nitrogen and oxygen atoms in total. The molecule has 0 bridgehead atoms. The molecule has 0 saturated heterocycles. The molecule has 36 heavy (non-hydrogen) atoms. The molecule has 0 spiro atoms. The number of carbonyl (C=O) groups is 1. The predicted octanol–water partition coefficient (Wildman–Crippen LogP) is 5.26. The van der Waals surface area contributed by atoms with Gasteiger partial charge in [0.1, 0.15) is 11.5 Å². The Balaban J connectivity index is 1.56. The molecule has 1 heterocycles. The van der Waals surface area contributed by atoms with E-state index in [2.05, 4.69) is 47.4 Å². The molecule has 1 aromatic heterocycles. The third-order valence-corrected chi connectivity index (χ3v) is 6.93. The van der Waals surface area contributed by atoms with Crippen molar-refractivity contribution in [1.82, 2.24) is 15.0 Å². The molecule has 0 aliphatic heterocycles. The van der Waals surface area contributed by atoms with Gasteiger partial charge in [0.05, 0.1) is 39.6 Å². The van der Waals surface area contributed by atoms with Crippen molar-refractivity contribution in [3.05, 3.63) is 85.5 Å². The van der Waals surface area contributed by atoms with Crippen molar-refractivity contribution in [2.75, 3.05) is 12.4 Å². The second-order valence-electron chi connectivity index (χ2n) is 7.39. The van der Waals surface area contributed by atoms with E-state index in [1.165, 1.54) is 10.8 Å². The first-order chi connectivity index (χ1) is 17.4. The number of nitrogens with one attached hydrogen (secondary N) is 1. The van der Waals surface area contributed by atoms with Crippen molar-refractivity contribution in [3.8, 4) is 17.2 Å². The summed E-state index contributed by atoms with van der Waals surface area (Å²) in [6, 6.07) is 17.6. The Morgan fingerprint density at radius 3 is 2.69 bits per heavy atom. The van der Waals surface area contributed by atoms with Crippen LogP contribution in [-0.2, 0) is 4.79 Å². The summed E-state index contributed by atoms with van der Waals surface area (Å²) in [5.74, 6) is 0.265. The van der Waals surface area contributed by atoms with Gasteiger partial charge in [0.25, 0.3) is 11.5 Å². The number of aromatic nitrogens is 2. The van der Waals surface area contributed by atoms with Crippen LogP contribution in [0, 0.1) is 0 Å². The van der Waals surface area contributed by atoms with Gasteiger partial charge in [-0.05, 0) is 71.4 Å². The highest BCUT2D eigenvalue weighted by atomic mass is 79.9. The molecular formula is C25H20Br2N4O4S. The summed E-state index contributed by atoms with van der Waals surface area (Å²) >= 11 is 7.72. The Kier molecular flexibility index (Phi) is 8.44. The quantitative estimate of drug-likeness (QED) is 0.119. The lowest BCUT2D eigenvalue weighted by Crippen LogP contribution is -2.24. The van der Waals surface area contributed by atoms with E-state index in [1.807, 2.05) is 13.0 Å². The van der Waals surface area contributed by atoms with Gasteiger partial charge < -0.3 is 9.84 Å². The second kappa shape index (κ2) is 11.7. The van der Waals surface area contributed by atoms with E-state index < -0.39 is 5.91 Å². The first kappa shape index (κ1) is 25.9. The molecule has 1 amide bonds. The van der Waals surface area contributed by atoms with E-state index >= 15 is 0 Å². The molecule has 0 saturated carbocycles. The summed E-state index contributed by atoms with van der Waals surface area (Å²) in [7, 11) is 0. The minimum absolute atomic E-state index is 0.00492. The fraction of sp³-hybridized carbons (Fsp3) is 0.120. The fourth-order valence-electron chi connectivity index (χ4n) is 3.32. The number of carbonyl (C=O) groups excluding carboxylic acids is 1. The number of nitrogens with zero attached hydrogens (tertiary/aromatic N) is 3. The number of fused-ring (bicyclic) bond motifs is 1. The largest absolute Gasteiger partial charge is 0.506 e. The van der Waals surface area contributed by atoms with Crippen molar-refractivity contribution < 1.29 is 14.6 Å². The predicted molar refractivity (Wildman–Crippen MR) is 148 cm³/mol. The van der Waals surface area contributed by atoms with Gasteiger partial charge >= 0.3 is 0 Å². The van der Waals surface area contributed by atoms with Crippen LogP contribution >= 0.6 is 43.6 Å². The van der Waals surface area contributed by atoms with Gasteiger partial charge in [0.2, 0.25) is 0 Å². The van der Waals surface area contributed by atoms with Gasteiger partial charge in [-0.15, -0.1) is 0 Å². The first-order valence-corrected chi connectivity index (χ1v) is 13.3. The lowest BCUT2D eigenvalue weighted by Gasteiger charge is -2.13. The molecule has 0 atom stereocenters. The van der Waals surface area contributed by atoms with Gasteiger partial charge in [-0.2, -0.15) is 5.10 Å². The monoisotopic (exact) mass is 630 g/mol. The van der Waals surface area contributed by atoms with Crippen LogP contribution in [-0.4, -0.2) is 39.1 Å². The number of phenolic OH excluding ortho intramolecular Hbond substituents is 1. The molecule has 184 valence electrons. The van der Waals surface area contributed by atoms with Crippen molar-refractivity contribution in [2.45, 2.75) is 12.1 Å². The average molecular weight is 632 g/mol. The number of rotatable bonds is 8. The summed E-state index contributed by atoms with van der Waals surface area (Å²) in [5, 5.41) is 14.9. The summed E-state index contributed by atoms with van der Waals surface area (Å²) in [6.07, 6.45) is 1.34. The van der Waals surface area contributed by atoms with Gasteiger partial charge in [0, 0.05) is 10.0 Å². The fourth-order valence-corrected chi connectivity index (χ4v) is 5.38. The van der Waals surface area contributed by atoms with E-state index in [4.69, 9.17) is 4.74 Å². The number of para-hydroxylation sites is 1. The third kappa shape index (κ3) is 5.97. The Bertz CT molecular complexity index is 1510. The van der Waals surface area contributed by atoms with Crippen LogP contribution < -0.4 is 15.7 Å². The smallest absolute Gasteiger partial charge is 0.266 e. The van der Waals surface area contributed by atoms with Crippen LogP contribution in [0.3, 0.4) is 0 Å². The number of hydrogen-bond donors (Lipinski definition) is 2. The molecule has 4 rings (SSSR count). The van der Waals surface area contributed by atoms with Crippen LogP contribution in [0.1, 0.15) is 12.5 Å². The third-order valence-electron chi connectivity index (χ3n) is 4.93. The Labute approximate surface area is 227 Å². The number of benzene rings is 3. The Morgan fingerprint density at radius 1 is 1.19 bits per heavy atom. The van der Waals surface area contributed by atoms with E-state index in [9.17, 15) is 14.7 Å². The minimum Gasteiger partial charge on any atom is -0.506 e. The van der Waals surface area contributed by atoms with Crippen molar-refractivity contribution >= 4 is 66.6 Å². The zero-order valence-electron chi connectivity index (χ0n) is 18.9. The maximum absolute atomic E-state index is 13.3. The molecule has 0 aliphatic rings. The highest BCUT2D eigenvalue weighted by Crippen LogP contribution is 2.30. The maximum Gasteiger partial charge on any atom is 0.266 e. The lowest BCUT2D eigenvalue weighted by atomic mass is 10.2. The number of hydrogen-bond acceptors (Lipinski definition) is 7. The molecule has 0 unspecified atom stereocenters. The molecule has 3 aromatic carbocycles. The van der Waals surface area contributed by atoms with Crippen molar-refractivity contribution in [2.24, 2.45) is 5.10 Å². The molecule has 0 radical (unpaired) electrons. The molecule has 2 N–H and O–H groups in total. The van der Waals surface area contributed by atoms with Gasteiger partial charge in [0.15, 0.2) is 5.16 Å². The minimum atomic E-state index is -0.398. The number of ether oxygens (including phenoxy) is 1. The highest BCUT2D eigenvalue weighted by molar-refractivity contribution is 9.11. The molecule has 11 heteroatoms. The lowest BCUT2D eigenvalue weighted by molar-refractivity contribution is -0.118. The summed E-state index contributed by atoms with van der Waals surface area (Å²) in [4.78, 5) is 30.5. The number of halogens is 2. The molecule has 4 aromatic rings. The number of thioether (sulfide) groups is 1. The Hall–Kier alpha value is -3.15. The maximum atomic E-state index is 13.3. The Morgan fingerprint density at radius 2 is 1.94 bits per heavy atom.